The Morgan fingerprint density at radius 2 is 2.00 bits per heavy atom. The van der Waals surface area contributed by atoms with Gasteiger partial charge in [-0.1, -0.05) is 36.4 Å². The van der Waals surface area contributed by atoms with Crippen LogP contribution >= 0.6 is 0 Å². The molecule has 2 heteroatoms. The van der Waals surface area contributed by atoms with E-state index < -0.39 is 0 Å². The molecule has 1 heterocycles. The smallest absolute Gasteiger partial charge is 0.191 e. The standard InChI is InChI=1S/C11H9NO/c13-11(10-7-4-8-12-10)9-5-2-1-3-6-9/h1-8,10H. The maximum atomic E-state index is 11.7. The summed E-state index contributed by atoms with van der Waals surface area (Å²) in [7, 11) is 0. The SMILES string of the molecule is O=C(c1ccccc1)C1C=CC=N1. The van der Waals surface area contributed by atoms with Crippen LogP contribution in [0.15, 0.2) is 47.5 Å². The van der Waals surface area contributed by atoms with Crippen molar-refractivity contribution in [3.63, 3.8) is 0 Å². The Labute approximate surface area is 76.6 Å². The van der Waals surface area contributed by atoms with Crippen LogP contribution in [-0.2, 0) is 0 Å². The van der Waals surface area contributed by atoms with Gasteiger partial charge in [0.2, 0.25) is 0 Å². The van der Waals surface area contributed by atoms with E-state index in [1.807, 2.05) is 30.3 Å². The number of ketones is 1. The van der Waals surface area contributed by atoms with Gasteiger partial charge in [-0.2, -0.15) is 0 Å². The van der Waals surface area contributed by atoms with Gasteiger partial charge < -0.3 is 0 Å². The summed E-state index contributed by atoms with van der Waals surface area (Å²) in [5.41, 5.74) is 0.719. The molecule has 0 amide bonds. The van der Waals surface area contributed by atoms with Crippen LogP contribution in [-0.4, -0.2) is 18.0 Å². The first-order valence-electron chi connectivity index (χ1n) is 4.17. The number of nitrogens with zero attached hydrogens (tertiary/aromatic N) is 1. The predicted molar refractivity (Wildman–Crippen MR) is 52.2 cm³/mol. The highest BCUT2D eigenvalue weighted by Crippen LogP contribution is 2.09. The number of carbonyl (C=O) groups is 1. The van der Waals surface area contributed by atoms with Crippen molar-refractivity contribution < 1.29 is 4.79 Å². The molecule has 13 heavy (non-hydrogen) atoms. The van der Waals surface area contributed by atoms with Crippen molar-refractivity contribution in [2.45, 2.75) is 6.04 Å². The van der Waals surface area contributed by atoms with Crippen LogP contribution in [0.4, 0.5) is 0 Å². The van der Waals surface area contributed by atoms with Crippen LogP contribution in [0.3, 0.4) is 0 Å². The maximum Gasteiger partial charge on any atom is 0.191 e. The minimum absolute atomic E-state index is 0.0607. The Kier molecular flexibility index (Phi) is 2.04. The summed E-state index contributed by atoms with van der Waals surface area (Å²) in [4.78, 5) is 15.7. The van der Waals surface area contributed by atoms with Crippen LogP contribution in [0.5, 0.6) is 0 Å². The van der Waals surface area contributed by atoms with Gasteiger partial charge in [-0.05, 0) is 6.08 Å². The fourth-order valence-electron chi connectivity index (χ4n) is 1.28. The zero-order chi connectivity index (χ0) is 9.10. The highest BCUT2D eigenvalue weighted by molar-refractivity contribution is 6.03. The largest absolute Gasteiger partial charge is 0.291 e. The third kappa shape index (κ3) is 1.56. The molecule has 0 fully saturated rings. The van der Waals surface area contributed by atoms with E-state index in [0.29, 0.717) is 0 Å². The first-order valence-corrected chi connectivity index (χ1v) is 4.17. The van der Waals surface area contributed by atoms with Gasteiger partial charge in [0.1, 0.15) is 6.04 Å². The van der Waals surface area contributed by atoms with E-state index >= 15 is 0 Å². The quantitative estimate of drug-likeness (QED) is 0.625. The lowest BCUT2D eigenvalue weighted by molar-refractivity contribution is 0.0980. The van der Waals surface area contributed by atoms with Gasteiger partial charge in [0.25, 0.3) is 0 Å². The normalized spacial score (nSPS) is 19.2. The van der Waals surface area contributed by atoms with Gasteiger partial charge in [0.05, 0.1) is 0 Å². The predicted octanol–water partition coefficient (Wildman–Crippen LogP) is 1.88. The molecule has 1 unspecified atom stereocenters. The van der Waals surface area contributed by atoms with E-state index in [9.17, 15) is 4.79 Å². The summed E-state index contributed by atoms with van der Waals surface area (Å²) in [5.74, 6) is 0.0607. The lowest BCUT2D eigenvalue weighted by Gasteiger charge is -2.02. The number of hydrogen-bond acceptors (Lipinski definition) is 2. The number of benzene rings is 1. The lowest BCUT2D eigenvalue weighted by Crippen LogP contribution is -2.14. The number of carbonyl (C=O) groups excluding carboxylic acids is 1. The lowest BCUT2D eigenvalue weighted by atomic mass is 10.1. The number of aliphatic imine (C=N–C) groups is 1. The van der Waals surface area contributed by atoms with E-state index in [1.54, 1.807) is 18.4 Å². The van der Waals surface area contributed by atoms with Crippen molar-refractivity contribution in [2.24, 2.45) is 4.99 Å². The molecule has 64 valence electrons. The fraction of sp³-hybridized carbons (Fsp3) is 0.0909. The average Bonchev–Trinajstić information content (AvgIpc) is 2.71. The van der Waals surface area contributed by atoms with Crippen molar-refractivity contribution in [1.29, 1.82) is 0 Å². The van der Waals surface area contributed by atoms with Crippen LogP contribution in [0.1, 0.15) is 10.4 Å². The molecular weight excluding hydrogens is 162 g/mol. The zero-order valence-electron chi connectivity index (χ0n) is 7.05. The zero-order valence-corrected chi connectivity index (χ0v) is 7.05. The van der Waals surface area contributed by atoms with Crippen LogP contribution < -0.4 is 0 Å². The topological polar surface area (TPSA) is 29.4 Å². The minimum atomic E-state index is -0.303. The second kappa shape index (κ2) is 3.35. The summed E-state index contributed by atoms with van der Waals surface area (Å²) >= 11 is 0. The summed E-state index contributed by atoms with van der Waals surface area (Å²) in [6, 6.07) is 8.92. The summed E-state index contributed by atoms with van der Waals surface area (Å²) in [5, 5.41) is 0. The highest BCUT2D eigenvalue weighted by Gasteiger charge is 2.16. The van der Waals surface area contributed by atoms with Crippen molar-refractivity contribution >= 4 is 12.0 Å². The monoisotopic (exact) mass is 171 g/mol. The van der Waals surface area contributed by atoms with Crippen molar-refractivity contribution in [3.8, 4) is 0 Å². The fourth-order valence-corrected chi connectivity index (χ4v) is 1.28. The Hall–Kier alpha value is -1.70. The van der Waals surface area contributed by atoms with E-state index in [2.05, 4.69) is 4.99 Å². The first-order chi connectivity index (χ1) is 6.38. The van der Waals surface area contributed by atoms with Gasteiger partial charge in [-0.25, -0.2) is 0 Å². The van der Waals surface area contributed by atoms with Crippen molar-refractivity contribution in [1.82, 2.24) is 0 Å². The van der Waals surface area contributed by atoms with Gasteiger partial charge in [0.15, 0.2) is 5.78 Å². The average molecular weight is 171 g/mol. The Morgan fingerprint density at radius 3 is 2.62 bits per heavy atom. The molecule has 2 nitrogen and oxygen atoms in total. The maximum absolute atomic E-state index is 11.7. The molecule has 0 aromatic heterocycles. The third-order valence-corrected chi connectivity index (χ3v) is 1.95. The van der Waals surface area contributed by atoms with Crippen LogP contribution in [0.25, 0.3) is 0 Å². The number of rotatable bonds is 2. The summed E-state index contributed by atoms with van der Waals surface area (Å²) in [6.45, 7) is 0. The van der Waals surface area contributed by atoms with Gasteiger partial charge in [-0.3, -0.25) is 9.79 Å². The molecule has 1 aliphatic heterocycles. The Balaban J connectivity index is 2.23. The molecular formula is C11H9NO. The molecule has 0 aliphatic carbocycles. The number of Topliss-reactive ketones (excluding diaryl/α,β-unsaturated/α-hetero) is 1. The molecule has 0 saturated carbocycles. The molecule has 1 atom stereocenters. The van der Waals surface area contributed by atoms with Gasteiger partial charge in [0, 0.05) is 11.8 Å². The van der Waals surface area contributed by atoms with Crippen molar-refractivity contribution in [2.75, 3.05) is 0 Å². The highest BCUT2D eigenvalue weighted by atomic mass is 16.1. The number of hydrogen-bond donors (Lipinski definition) is 0. The second-order valence-electron chi connectivity index (χ2n) is 2.86. The molecule has 0 radical (unpaired) electrons. The van der Waals surface area contributed by atoms with E-state index in [4.69, 9.17) is 0 Å². The second-order valence-corrected chi connectivity index (χ2v) is 2.86. The molecule has 1 aromatic rings. The van der Waals surface area contributed by atoms with E-state index in [-0.39, 0.29) is 11.8 Å². The number of allylic oxidation sites excluding steroid dienone is 1. The van der Waals surface area contributed by atoms with Crippen LogP contribution in [0.2, 0.25) is 0 Å². The summed E-state index contributed by atoms with van der Waals surface area (Å²) in [6.07, 6.45) is 5.26. The Bertz CT molecular complexity index is 353. The summed E-state index contributed by atoms with van der Waals surface area (Å²) < 4.78 is 0. The first kappa shape index (κ1) is 7.92. The van der Waals surface area contributed by atoms with Crippen molar-refractivity contribution in [3.05, 3.63) is 48.0 Å². The molecule has 0 spiro atoms. The van der Waals surface area contributed by atoms with Gasteiger partial charge in [-0.15, -0.1) is 0 Å². The van der Waals surface area contributed by atoms with Crippen LogP contribution in [0, 0.1) is 0 Å². The van der Waals surface area contributed by atoms with Gasteiger partial charge >= 0.3 is 0 Å². The molecule has 1 aliphatic rings. The Morgan fingerprint density at radius 1 is 1.23 bits per heavy atom. The molecule has 2 rings (SSSR count). The molecule has 0 saturated heterocycles. The molecule has 0 N–H and O–H groups in total. The molecule has 1 aromatic carbocycles. The molecule has 0 bridgehead atoms. The minimum Gasteiger partial charge on any atom is -0.291 e. The third-order valence-electron chi connectivity index (χ3n) is 1.95. The van der Waals surface area contributed by atoms with E-state index in [1.165, 1.54) is 0 Å². The van der Waals surface area contributed by atoms with E-state index in [0.717, 1.165) is 5.56 Å².